The number of esters is 1. The van der Waals surface area contributed by atoms with Crippen LogP contribution in [-0.2, 0) is 19.1 Å². The number of ketones is 2. The summed E-state index contributed by atoms with van der Waals surface area (Å²) in [5.41, 5.74) is -5.23. The normalized spacial score (nSPS) is 47.1. The molecule has 30 heavy (non-hydrogen) atoms. The molecule has 4 aliphatic carbocycles. The van der Waals surface area contributed by atoms with Gasteiger partial charge >= 0.3 is 5.97 Å². The predicted octanol–water partition coefficient (Wildman–Crippen LogP) is 2.22. The summed E-state index contributed by atoms with van der Waals surface area (Å²) in [6.45, 7) is 4.12. The van der Waals surface area contributed by atoms with Crippen molar-refractivity contribution in [3.05, 3.63) is 23.8 Å². The molecule has 6 nitrogen and oxygen atoms in total. The smallest absolute Gasteiger partial charge is 0.303 e. The highest BCUT2D eigenvalue weighted by atomic mass is 19.1. The summed E-state index contributed by atoms with van der Waals surface area (Å²) in [5, 5.41) is 22.6. The van der Waals surface area contributed by atoms with Crippen LogP contribution >= 0.6 is 0 Å². The number of carbonyl (C=O) groups excluding carboxylic acids is 3. The molecule has 0 amide bonds. The Balaban J connectivity index is 1.72. The van der Waals surface area contributed by atoms with Crippen molar-refractivity contribution in [1.82, 2.24) is 0 Å². The first-order valence-corrected chi connectivity index (χ1v) is 10.6. The monoisotopic (exact) mass is 420 g/mol. The third-order valence-electron chi connectivity index (χ3n) is 8.66. The first kappa shape index (κ1) is 21.4. The Morgan fingerprint density at radius 3 is 2.63 bits per heavy atom. The lowest BCUT2D eigenvalue weighted by atomic mass is 9.44. The molecule has 4 aliphatic rings. The molecule has 7 heteroatoms. The van der Waals surface area contributed by atoms with Crippen LogP contribution in [0.2, 0.25) is 0 Å². The highest BCUT2D eigenvalue weighted by molar-refractivity contribution is 6.01. The lowest BCUT2D eigenvalue weighted by Crippen LogP contribution is -2.69. The average Bonchev–Trinajstić information content (AvgIpc) is 2.94. The van der Waals surface area contributed by atoms with Crippen molar-refractivity contribution in [3.63, 3.8) is 0 Å². The zero-order valence-corrected chi connectivity index (χ0v) is 17.6. The van der Waals surface area contributed by atoms with E-state index in [0.717, 1.165) is 0 Å². The molecule has 164 valence electrons. The summed E-state index contributed by atoms with van der Waals surface area (Å²) in [4.78, 5) is 35.8. The van der Waals surface area contributed by atoms with Gasteiger partial charge in [0.15, 0.2) is 18.1 Å². The van der Waals surface area contributed by atoms with E-state index in [1.807, 2.05) is 0 Å². The van der Waals surface area contributed by atoms with Crippen LogP contribution in [0.3, 0.4) is 0 Å². The molecule has 3 fully saturated rings. The van der Waals surface area contributed by atoms with Crippen LogP contribution in [-0.4, -0.2) is 51.7 Å². The fraction of sp³-hybridized carbons (Fsp3) is 0.696. The quantitative estimate of drug-likeness (QED) is 0.679. The molecule has 0 aromatic heterocycles. The lowest BCUT2D eigenvalue weighted by Gasteiger charge is -2.62. The maximum atomic E-state index is 16.9. The zero-order valence-electron chi connectivity index (χ0n) is 17.6. The molecule has 0 unspecified atom stereocenters. The van der Waals surface area contributed by atoms with Gasteiger partial charge in [-0.05, 0) is 57.1 Å². The molecule has 0 spiro atoms. The number of hydrogen-bond donors (Lipinski definition) is 2. The number of aliphatic hydroxyl groups is 2. The van der Waals surface area contributed by atoms with E-state index in [2.05, 4.69) is 0 Å². The van der Waals surface area contributed by atoms with Crippen LogP contribution in [0.25, 0.3) is 0 Å². The number of alkyl halides is 1. The van der Waals surface area contributed by atoms with Crippen molar-refractivity contribution in [1.29, 1.82) is 0 Å². The van der Waals surface area contributed by atoms with E-state index in [1.165, 1.54) is 19.1 Å². The van der Waals surface area contributed by atoms with Gasteiger partial charge in [0.25, 0.3) is 0 Å². The Bertz CT molecular complexity index is 879. The van der Waals surface area contributed by atoms with E-state index in [9.17, 15) is 24.6 Å². The first-order valence-electron chi connectivity index (χ1n) is 10.6. The van der Waals surface area contributed by atoms with Crippen LogP contribution in [0.4, 0.5) is 4.39 Å². The summed E-state index contributed by atoms with van der Waals surface area (Å²) in [6, 6.07) is 0. The van der Waals surface area contributed by atoms with Gasteiger partial charge < -0.3 is 14.9 Å². The number of Topliss-reactive ketones (excluding diaryl/α,β-unsaturated/α-hetero) is 1. The Labute approximate surface area is 175 Å². The van der Waals surface area contributed by atoms with Crippen molar-refractivity contribution >= 4 is 17.5 Å². The molecular formula is C23H29FO6. The molecule has 0 aromatic rings. The van der Waals surface area contributed by atoms with Gasteiger partial charge in [-0.2, -0.15) is 0 Å². The lowest BCUT2D eigenvalue weighted by molar-refractivity contribution is -0.217. The fourth-order valence-corrected chi connectivity index (χ4v) is 6.96. The van der Waals surface area contributed by atoms with Crippen molar-refractivity contribution in [2.24, 2.45) is 22.7 Å². The number of rotatable bonds is 3. The number of carbonyl (C=O) groups is 3. The van der Waals surface area contributed by atoms with Gasteiger partial charge in [0.05, 0.1) is 6.10 Å². The van der Waals surface area contributed by atoms with Crippen LogP contribution in [0.5, 0.6) is 0 Å². The van der Waals surface area contributed by atoms with Gasteiger partial charge in [-0.3, -0.25) is 14.4 Å². The SMILES string of the molecule is CC(=O)OCC(=O)[C@]1(O)CC[C@@H]2[C@H]3CCC4=CC(=O)C=C[C@]4(C)[C@]3(F)[C@H](O)C[C@@]21C. The molecule has 0 radical (unpaired) electrons. The molecule has 2 N–H and O–H groups in total. The second-order valence-electron chi connectivity index (χ2n) is 9.87. The average molecular weight is 420 g/mol. The summed E-state index contributed by atoms with van der Waals surface area (Å²) in [7, 11) is 0. The molecule has 0 aliphatic heterocycles. The zero-order chi connectivity index (χ0) is 22.1. The number of hydrogen-bond acceptors (Lipinski definition) is 6. The second kappa shape index (κ2) is 6.57. The van der Waals surface area contributed by atoms with Crippen LogP contribution in [0.1, 0.15) is 52.9 Å². The van der Waals surface area contributed by atoms with E-state index in [4.69, 9.17) is 4.74 Å². The minimum Gasteiger partial charge on any atom is -0.458 e. The van der Waals surface area contributed by atoms with E-state index >= 15 is 4.39 Å². The number of aliphatic hydroxyl groups excluding tert-OH is 1. The van der Waals surface area contributed by atoms with Crippen molar-refractivity contribution in [2.75, 3.05) is 6.61 Å². The van der Waals surface area contributed by atoms with Gasteiger partial charge in [0, 0.05) is 23.7 Å². The fourth-order valence-electron chi connectivity index (χ4n) is 6.96. The van der Waals surface area contributed by atoms with Crippen molar-refractivity contribution in [2.45, 2.75) is 70.2 Å². The Morgan fingerprint density at radius 1 is 1.27 bits per heavy atom. The molecule has 0 heterocycles. The van der Waals surface area contributed by atoms with Crippen molar-refractivity contribution in [3.8, 4) is 0 Å². The van der Waals surface area contributed by atoms with Crippen LogP contribution < -0.4 is 0 Å². The van der Waals surface area contributed by atoms with Gasteiger partial charge in [0.1, 0.15) is 5.60 Å². The highest BCUT2D eigenvalue weighted by Gasteiger charge is 2.74. The Kier molecular flexibility index (Phi) is 4.68. The van der Waals surface area contributed by atoms with E-state index < -0.39 is 52.5 Å². The first-order chi connectivity index (χ1) is 13.9. The summed E-state index contributed by atoms with van der Waals surface area (Å²) in [6.07, 6.45) is 4.47. The largest absolute Gasteiger partial charge is 0.458 e. The number of ether oxygens (including phenoxy) is 1. The molecule has 0 aromatic carbocycles. The standard InChI is InChI=1S/C23H29FO6/c1-13(25)30-12-19(28)22(29)9-7-16-17-5-4-14-10-15(26)6-8-20(14,2)23(17,24)18(27)11-21(16,22)3/h6,8,10,16-18,27,29H,4-5,7,9,11-12H2,1-3H3/t16-,17-,18-,20+,21+,22-,23-/m1/s1. The highest BCUT2D eigenvalue weighted by Crippen LogP contribution is 2.69. The number of allylic oxidation sites excluding steroid dienone is 4. The molecular weight excluding hydrogens is 391 g/mol. The van der Waals surface area contributed by atoms with Crippen LogP contribution in [0, 0.1) is 22.7 Å². The minimum atomic E-state index is -2.00. The third-order valence-corrected chi connectivity index (χ3v) is 8.66. The van der Waals surface area contributed by atoms with E-state index in [-0.39, 0.29) is 24.5 Å². The van der Waals surface area contributed by atoms with Gasteiger partial charge in [-0.25, -0.2) is 4.39 Å². The van der Waals surface area contributed by atoms with Gasteiger partial charge in [0.2, 0.25) is 5.78 Å². The maximum Gasteiger partial charge on any atom is 0.303 e. The Hall–Kier alpha value is -1.86. The molecule has 0 bridgehead atoms. The van der Waals surface area contributed by atoms with Gasteiger partial charge in [-0.1, -0.05) is 18.6 Å². The third kappa shape index (κ3) is 2.51. The Morgan fingerprint density at radius 2 is 1.97 bits per heavy atom. The van der Waals surface area contributed by atoms with E-state index in [1.54, 1.807) is 19.9 Å². The second-order valence-corrected chi connectivity index (χ2v) is 9.87. The molecule has 3 saturated carbocycles. The minimum absolute atomic E-state index is 0.0857. The van der Waals surface area contributed by atoms with Crippen molar-refractivity contribution < 1.29 is 33.7 Å². The summed E-state index contributed by atoms with van der Waals surface area (Å²) >= 11 is 0. The number of fused-ring (bicyclic) bond motifs is 5. The van der Waals surface area contributed by atoms with Gasteiger partial charge in [-0.15, -0.1) is 0 Å². The van der Waals surface area contributed by atoms with Crippen LogP contribution in [0.15, 0.2) is 23.8 Å². The topological polar surface area (TPSA) is 101 Å². The summed E-state index contributed by atoms with van der Waals surface area (Å²) in [5.74, 6) is -2.28. The molecule has 4 rings (SSSR count). The molecule has 0 saturated heterocycles. The summed E-state index contributed by atoms with van der Waals surface area (Å²) < 4.78 is 21.7. The maximum absolute atomic E-state index is 16.9. The van der Waals surface area contributed by atoms with E-state index in [0.29, 0.717) is 24.8 Å². The number of halogens is 1. The predicted molar refractivity (Wildman–Crippen MR) is 105 cm³/mol. The molecule has 7 atom stereocenters.